The zero-order valence-corrected chi connectivity index (χ0v) is 14.3. The molecule has 1 aromatic rings. The van der Waals surface area contributed by atoms with Crippen LogP contribution >= 0.6 is 11.6 Å². The lowest BCUT2D eigenvalue weighted by atomic mass is 10.2. The number of halogens is 1. The van der Waals surface area contributed by atoms with Gasteiger partial charge >= 0.3 is 5.97 Å². The Kier molecular flexibility index (Phi) is 5.64. The first kappa shape index (κ1) is 18.2. The van der Waals surface area contributed by atoms with Gasteiger partial charge in [-0.3, -0.25) is 0 Å². The Hall–Kier alpha value is -1.19. The van der Waals surface area contributed by atoms with Crippen LogP contribution in [0.3, 0.4) is 0 Å². The van der Waals surface area contributed by atoms with E-state index in [0.29, 0.717) is 0 Å². The number of esters is 1. The molecule has 2 unspecified atom stereocenters. The van der Waals surface area contributed by atoms with Crippen molar-refractivity contribution in [2.75, 3.05) is 26.9 Å². The van der Waals surface area contributed by atoms with Gasteiger partial charge in [0, 0.05) is 12.6 Å². The van der Waals surface area contributed by atoms with Crippen LogP contribution in [-0.4, -0.2) is 62.8 Å². The van der Waals surface area contributed by atoms with Gasteiger partial charge in [-0.25, -0.2) is 13.2 Å². The molecule has 2 atom stereocenters. The number of carbonyl (C=O) groups is 1. The maximum atomic E-state index is 12.9. The van der Waals surface area contributed by atoms with Crippen molar-refractivity contribution < 1.29 is 27.8 Å². The highest BCUT2D eigenvalue weighted by Gasteiger charge is 2.36. The summed E-state index contributed by atoms with van der Waals surface area (Å²) in [4.78, 5) is 11.4. The van der Waals surface area contributed by atoms with Crippen LogP contribution in [0.4, 0.5) is 0 Å². The first-order valence-corrected chi connectivity index (χ1v) is 8.75. The molecule has 1 aliphatic heterocycles. The highest BCUT2D eigenvalue weighted by atomic mass is 35.5. The van der Waals surface area contributed by atoms with E-state index in [4.69, 9.17) is 16.3 Å². The number of morpholine rings is 1. The number of carbonyl (C=O) groups excluding carboxylic acids is 1. The number of hydrogen-bond donors (Lipinski definition) is 1. The van der Waals surface area contributed by atoms with Gasteiger partial charge in [0.05, 0.1) is 37.0 Å². The van der Waals surface area contributed by atoms with E-state index in [1.807, 2.05) is 0 Å². The molecule has 2 rings (SSSR count). The zero-order chi connectivity index (χ0) is 17.2. The van der Waals surface area contributed by atoms with Crippen molar-refractivity contribution >= 4 is 27.6 Å². The molecule has 23 heavy (non-hydrogen) atoms. The normalized spacial score (nSPS) is 22.8. The Bertz CT molecular complexity index is 693. The predicted molar refractivity (Wildman–Crippen MR) is 83.0 cm³/mol. The summed E-state index contributed by atoms with van der Waals surface area (Å²) < 4.78 is 37.0. The molecule has 0 aromatic heterocycles. The quantitative estimate of drug-likeness (QED) is 0.799. The van der Waals surface area contributed by atoms with E-state index < -0.39 is 28.1 Å². The second-order valence-electron chi connectivity index (χ2n) is 5.20. The molecule has 1 N–H and O–H groups in total. The van der Waals surface area contributed by atoms with E-state index >= 15 is 0 Å². The molecule has 128 valence electrons. The van der Waals surface area contributed by atoms with Crippen molar-refractivity contribution in [2.45, 2.75) is 24.0 Å². The topological polar surface area (TPSA) is 93.1 Å². The standard InChI is InChI=1S/C14H18ClNO6S/c1-9-8-22-11(7-17)6-16(9)23(19,20)13-5-10(14(18)21-2)3-4-12(13)15/h3-5,9,11,17H,6-8H2,1-2H3. The summed E-state index contributed by atoms with van der Waals surface area (Å²) in [5.74, 6) is -0.652. The molecule has 0 spiro atoms. The fourth-order valence-electron chi connectivity index (χ4n) is 2.31. The minimum atomic E-state index is -3.95. The Morgan fingerprint density at radius 1 is 1.52 bits per heavy atom. The summed E-state index contributed by atoms with van der Waals surface area (Å²) in [5.41, 5.74) is 0.0927. The first-order valence-electron chi connectivity index (χ1n) is 6.93. The van der Waals surface area contributed by atoms with Crippen LogP contribution in [0.15, 0.2) is 23.1 Å². The van der Waals surface area contributed by atoms with Gasteiger partial charge < -0.3 is 14.6 Å². The predicted octanol–water partition coefficient (Wildman–Crippen LogP) is 0.897. The van der Waals surface area contributed by atoms with Crippen molar-refractivity contribution in [3.63, 3.8) is 0 Å². The van der Waals surface area contributed by atoms with E-state index in [0.717, 1.165) is 0 Å². The summed E-state index contributed by atoms with van der Waals surface area (Å²) in [6.45, 7) is 1.59. The van der Waals surface area contributed by atoms with Crippen LogP contribution < -0.4 is 0 Å². The lowest BCUT2D eigenvalue weighted by Gasteiger charge is -2.36. The first-order chi connectivity index (χ1) is 10.8. The number of hydrogen-bond acceptors (Lipinski definition) is 6. The van der Waals surface area contributed by atoms with Crippen LogP contribution in [0.1, 0.15) is 17.3 Å². The summed E-state index contributed by atoms with van der Waals surface area (Å²) in [6.07, 6.45) is -0.594. The van der Waals surface area contributed by atoms with Crippen LogP contribution in [0, 0.1) is 0 Å². The average Bonchev–Trinajstić information content (AvgIpc) is 2.54. The molecular weight excluding hydrogens is 346 g/mol. The second-order valence-corrected chi connectivity index (χ2v) is 7.46. The van der Waals surface area contributed by atoms with Crippen molar-refractivity contribution in [3.8, 4) is 0 Å². The van der Waals surface area contributed by atoms with E-state index in [2.05, 4.69) is 4.74 Å². The third-order valence-electron chi connectivity index (χ3n) is 3.59. The highest BCUT2D eigenvalue weighted by Crippen LogP contribution is 2.29. The number of nitrogens with zero attached hydrogens (tertiary/aromatic N) is 1. The van der Waals surface area contributed by atoms with E-state index in [9.17, 15) is 18.3 Å². The summed E-state index contributed by atoms with van der Waals surface area (Å²) in [6, 6.07) is 3.52. The van der Waals surface area contributed by atoms with Crippen molar-refractivity contribution in [1.29, 1.82) is 0 Å². The Morgan fingerprint density at radius 2 is 2.22 bits per heavy atom. The maximum Gasteiger partial charge on any atom is 0.337 e. The maximum absolute atomic E-state index is 12.9. The molecule has 1 saturated heterocycles. The van der Waals surface area contributed by atoms with Crippen LogP contribution in [0.5, 0.6) is 0 Å². The summed E-state index contributed by atoms with van der Waals surface area (Å²) >= 11 is 6.03. The van der Waals surface area contributed by atoms with Crippen molar-refractivity contribution in [1.82, 2.24) is 4.31 Å². The van der Waals surface area contributed by atoms with Crippen LogP contribution in [0.25, 0.3) is 0 Å². The van der Waals surface area contributed by atoms with E-state index in [-0.39, 0.29) is 35.2 Å². The number of sulfonamides is 1. The molecule has 1 heterocycles. The lowest BCUT2D eigenvalue weighted by Crippen LogP contribution is -2.51. The van der Waals surface area contributed by atoms with Gasteiger partial charge in [-0.2, -0.15) is 4.31 Å². The van der Waals surface area contributed by atoms with Crippen LogP contribution in [0.2, 0.25) is 5.02 Å². The van der Waals surface area contributed by atoms with Crippen LogP contribution in [-0.2, 0) is 19.5 Å². The van der Waals surface area contributed by atoms with Gasteiger partial charge in [0.15, 0.2) is 0 Å². The molecule has 9 heteroatoms. The highest BCUT2D eigenvalue weighted by molar-refractivity contribution is 7.89. The molecule has 7 nitrogen and oxygen atoms in total. The molecule has 0 saturated carbocycles. The van der Waals surface area contributed by atoms with Gasteiger partial charge in [-0.1, -0.05) is 11.6 Å². The number of methoxy groups -OCH3 is 1. The van der Waals surface area contributed by atoms with Crippen molar-refractivity contribution in [3.05, 3.63) is 28.8 Å². The number of ether oxygens (including phenoxy) is 2. The smallest absolute Gasteiger partial charge is 0.337 e. The summed E-state index contributed by atoms with van der Waals surface area (Å²) in [7, 11) is -2.74. The minimum absolute atomic E-state index is 0.0110. The lowest BCUT2D eigenvalue weighted by molar-refractivity contribution is -0.0516. The molecule has 1 aliphatic rings. The minimum Gasteiger partial charge on any atom is -0.465 e. The number of aliphatic hydroxyl groups excluding tert-OH is 1. The molecule has 0 radical (unpaired) electrons. The number of rotatable bonds is 4. The zero-order valence-electron chi connectivity index (χ0n) is 12.7. The summed E-state index contributed by atoms with van der Waals surface area (Å²) in [5, 5.41) is 9.21. The molecule has 0 aliphatic carbocycles. The monoisotopic (exact) mass is 363 g/mol. The molecule has 1 aromatic carbocycles. The fourth-order valence-corrected chi connectivity index (χ4v) is 4.46. The molecular formula is C14H18ClNO6S. The van der Waals surface area contributed by atoms with Gasteiger partial charge in [0.25, 0.3) is 0 Å². The van der Waals surface area contributed by atoms with Crippen molar-refractivity contribution in [2.24, 2.45) is 0 Å². The largest absolute Gasteiger partial charge is 0.465 e. The van der Waals surface area contributed by atoms with Gasteiger partial charge in [0.1, 0.15) is 4.90 Å². The van der Waals surface area contributed by atoms with E-state index in [1.54, 1.807) is 6.92 Å². The van der Waals surface area contributed by atoms with E-state index in [1.165, 1.54) is 29.6 Å². The third-order valence-corrected chi connectivity index (χ3v) is 6.05. The van der Waals surface area contributed by atoms with Gasteiger partial charge in [-0.05, 0) is 25.1 Å². The SMILES string of the molecule is COC(=O)c1ccc(Cl)c(S(=O)(=O)N2CC(CO)OCC2C)c1. The van der Waals surface area contributed by atoms with Gasteiger partial charge in [0.2, 0.25) is 10.0 Å². The fraction of sp³-hybridized carbons (Fsp3) is 0.500. The second kappa shape index (κ2) is 7.14. The van der Waals surface area contributed by atoms with Gasteiger partial charge in [-0.15, -0.1) is 0 Å². The Balaban J connectivity index is 2.44. The molecule has 0 bridgehead atoms. The number of benzene rings is 1. The third kappa shape index (κ3) is 3.67. The average molecular weight is 364 g/mol. The molecule has 1 fully saturated rings. The number of aliphatic hydroxyl groups is 1. The Morgan fingerprint density at radius 3 is 2.83 bits per heavy atom. The Labute approximate surface area is 139 Å². The molecule has 0 amide bonds.